The normalized spacial score (nSPS) is 12.1. The van der Waals surface area contributed by atoms with Crippen LogP contribution in [-0.4, -0.2) is 19.0 Å². The number of rotatable bonds is 9. The van der Waals surface area contributed by atoms with E-state index in [1.165, 1.54) is 56.1 Å². The van der Waals surface area contributed by atoms with Crippen molar-refractivity contribution >= 4 is 0 Å². The lowest BCUT2D eigenvalue weighted by atomic mass is 9.87. The first-order valence-corrected chi connectivity index (χ1v) is 8.26. The van der Waals surface area contributed by atoms with E-state index in [1.54, 1.807) is 0 Å². The lowest BCUT2D eigenvalue weighted by Crippen LogP contribution is -2.36. The van der Waals surface area contributed by atoms with E-state index >= 15 is 0 Å². The van der Waals surface area contributed by atoms with Crippen molar-refractivity contribution in [3.05, 3.63) is 35.4 Å². The summed E-state index contributed by atoms with van der Waals surface area (Å²) in [6, 6.07) is 8.96. The summed E-state index contributed by atoms with van der Waals surface area (Å²) < 4.78 is 0. The summed E-state index contributed by atoms with van der Waals surface area (Å²) in [7, 11) is 4.34. The molecule has 0 spiro atoms. The van der Waals surface area contributed by atoms with Crippen LogP contribution in [0.5, 0.6) is 0 Å². The van der Waals surface area contributed by atoms with Gasteiger partial charge in [-0.2, -0.15) is 0 Å². The van der Waals surface area contributed by atoms with Crippen molar-refractivity contribution in [2.45, 2.75) is 71.3 Å². The van der Waals surface area contributed by atoms with Crippen LogP contribution in [0.3, 0.4) is 0 Å². The van der Waals surface area contributed by atoms with Crippen LogP contribution < -0.4 is 0 Å². The fourth-order valence-electron chi connectivity index (χ4n) is 2.67. The van der Waals surface area contributed by atoms with E-state index in [2.05, 4.69) is 64.0 Å². The molecule has 1 nitrogen and oxygen atoms in total. The van der Waals surface area contributed by atoms with Gasteiger partial charge in [0.2, 0.25) is 0 Å². The standard InChI is InChI=1S/C19H33N/c1-6-7-8-9-10-11-14-17-15-12-13-16-18(17)19(2,3)20(4)5/h12-13,15-16H,6-11,14H2,1-5H3. The zero-order valence-electron chi connectivity index (χ0n) is 14.2. The molecule has 0 N–H and O–H groups in total. The molecule has 0 saturated carbocycles. The Morgan fingerprint density at radius 3 is 2.15 bits per heavy atom. The molecule has 1 aromatic carbocycles. The van der Waals surface area contributed by atoms with Gasteiger partial charge >= 0.3 is 0 Å². The highest BCUT2D eigenvalue weighted by molar-refractivity contribution is 5.33. The number of hydrogen-bond acceptors (Lipinski definition) is 1. The average Bonchev–Trinajstić information content (AvgIpc) is 2.43. The van der Waals surface area contributed by atoms with Crippen LogP contribution >= 0.6 is 0 Å². The fraction of sp³-hybridized carbons (Fsp3) is 0.684. The largest absolute Gasteiger partial charge is 0.300 e. The molecule has 0 aliphatic heterocycles. The van der Waals surface area contributed by atoms with Crippen molar-refractivity contribution in [1.29, 1.82) is 0 Å². The van der Waals surface area contributed by atoms with Gasteiger partial charge in [0.05, 0.1) is 0 Å². The van der Waals surface area contributed by atoms with Gasteiger partial charge < -0.3 is 4.90 Å². The molecule has 0 aromatic heterocycles. The zero-order chi connectivity index (χ0) is 15.0. The van der Waals surface area contributed by atoms with Crippen LogP contribution in [0, 0.1) is 0 Å². The van der Waals surface area contributed by atoms with Gasteiger partial charge in [-0.25, -0.2) is 0 Å². The Labute approximate surface area is 126 Å². The van der Waals surface area contributed by atoms with Crippen molar-refractivity contribution in [3.63, 3.8) is 0 Å². The predicted octanol–water partition coefficient (Wildman–Crippen LogP) is 5.39. The minimum atomic E-state index is 0.110. The SMILES string of the molecule is CCCCCCCCc1ccccc1C(C)(C)N(C)C. The number of nitrogens with zero attached hydrogens (tertiary/aromatic N) is 1. The molecule has 0 amide bonds. The molecule has 1 rings (SSSR count). The summed E-state index contributed by atoms with van der Waals surface area (Å²) in [5.41, 5.74) is 3.12. The molecule has 1 aromatic rings. The van der Waals surface area contributed by atoms with Gasteiger partial charge in [-0.15, -0.1) is 0 Å². The Balaban J connectivity index is 2.58. The van der Waals surface area contributed by atoms with Crippen LogP contribution in [-0.2, 0) is 12.0 Å². The molecule has 114 valence electrons. The molecule has 0 heterocycles. The molecule has 0 unspecified atom stereocenters. The maximum absolute atomic E-state index is 2.31. The topological polar surface area (TPSA) is 3.24 Å². The van der Waals surface area contributed by atoms with Gasteiger partial charge in [0, 0.05) is 5.54 Å². The van der Waals surface area contributed by atoms with Gasteiger partial charge in [0.25, 0.3) is 0 Å². The Kier molecular flexibility index (Phi) is 7.29. The summed E-state index contributed by atoms with van der Waals surface area (Å²) >= 11 is 0. The number of aryl methyl sites for hydroxylation is 1. The zero-order valence-corrected chi connectivity index (χ0v) is 14.2. The van der Waals surface area contributed by atoms with Crippen LogP contribution in [0.25, 0.3) is 0 Å². The van der Waals surface area contributed by atoms with E-state index in [9.17, 15) is 0 Å². The maximum Gasteiger partial charge on any atom is 0.0401 e. The maximum atomic E-state index is 2.31. The molecular formula is C19H33N. The third kappa shape index (κ3) is 4.94. The summed E-state index contributed by atoms with van der Waals surface area (Å²) in [5.74, 6) is 0. The third-order valence-electron chi connectivity index (χ3n) is 4.59. The highest BCUT2D eigenvalue weighted by Gasteiger charge is 2.25. The monoisotopic (exact) mass is 275 g/mol. The van der Waals surface area contributed by atoms with Crippen LogP contribution in [0.2, 0.25) is 0 Å². The highest BCUT2D eigenvalue weighted by atomic mass is 15.1. The first kappa shape index (κ1) is 17.2. The molecule has 0 aliphatic carbocycles. The lowest BCUT2D eigenvalue weighted by molar-refractivity contribution is 0.196. The van der Waals surface area contributed by atoms with Crippen LogP contribution in [0.15, 0.2) is 24.3 Å². The fourth-order valence-corrected chi connectivity index (χ4v) is 2.67. The molecular weight excluding hydrogens is 242 g/mol. The van der Waals surface area contributed by atoms with Crippen LogP contribution in [0.4, 0.5) is 0 Å². The highest BCUT2D eigenvalue weighted by Crippen LogP contribution is 2.29. The van der Waals surface area contributed by atoms with Crippen molar-refractivity contribution in [1.82, 2.24) is 4.90 Å². The van der Waals surface area contributed by atoms with E-state index in [-0.39, 0.29) is 5.54 Å². The second kappa shape index (κ2) is 8.46. The molecule has 0 atom stereocenters. The Hall–Kier alpha value is -0.820. The van der Waals surface area contributed by atoms with Gasteiger partial charge in [-0.3, -0.25) is 0 Å². The molecule has 1 heteroatoms. The Morgan fingerprint density at radius 2 is 1.50 bits per heavy atom. The summed E-state index contributed by atoms with van der Waals surface area (Å²) in [6.07, 6.45) is 9.44. The lowest BCUT2D eigenvalue weighted by Gasteiger charge is -2.35. The van der Waals surface area contributed by atoms with E-state index in [0.29, 0.717) is 0 Å². The van der Waals surface area contributed by atoms with E-state index in [1.807, 2.05) is 0 Å². The second-order valence-electron chi connectivity index (χ2n) is 6.63. The van der Waals surface area contributed by atoms with E-state index in [0.717, 1.165) is 0 Å². The van der Waals surface area contributed by atoms with Crippen molar-refractivity contribution in [2.75, 3.05) is 14.1 Å². The van der Waals surface area contributed by atoms with E-state index in [4.69, 9.17) is 0 Å². The molecule has 0 bridgehead atoms. The first-order chi connectivity index (χ1) is 9.50. The summed E-state index contributed by atoms with van der Waals surface area (Å²) in [6.45, 7) is 6.90. The number of unbranched alkanes of at least 4 members (excludes halogenated alkanes) is 5. The minimum absolute atomic E-state index is 0.110. The number of hydrogen-bond donors (Lipinski definition) is 0. The van der Waals surface area contributed by atoms with Crippen molar-refractivity contribution in [3.8, 4) is 0 Å². The van der Waals surface area contributed by atoms with Gasteiger partial charge in [0.1, 0.15) is 0 Å². The van der Waals surface area contributed by atoms with Gasteiger partial charge in [-0.05, 0) is 51.9 Å². The first-order valence-electron chi connectivity index (χ1n) is 8.26. The molecule has 0 saturated heterocycles. The third-order valence-corrected chi connectivity index (χ3v) is 4.59. The second-order valence-corrected chi connectivity index (χ2v) is 6.63. The molecule has 0 radical (unpaired) electrons. The van der Waals surface area contributed by atoms with Crippen molar-refractivity contribution in [2.24, 2.45) is 0 Å². The average molecular weight is 275 g/mol. The Bertz CT molecular complexity index is 379. The smallest absolute Gasteiger partial charge is 0.0401 e. The van der Waals surface area contributed by atoms with Gasteiger partial charge in [0.15, 0.2) is 0 Å². The van der Waals surface area contributed by atoms with E-state index < -0.39 is 0 Å². The van der Waals surface area contributed by atoms with Gasteiger partial charge in [-0.1, -0.05) is 63.3 Å². The molecule has 0 fully saturated rings. The van der Waals surface area contributed by atoms with Crippen molar-refractivity contribution < 1.29 is 0 Å². The number of benzene rings is 1. The van der Waals surface area contributed by atoms with Crippen LogP contribution in [0.1, 0.15) is 70.4 Å². The summed E-state index contributed by atoms with van der Waals surface area (Å²) in [5, 5.41) is 0. The molecule has 20 heavy (non-hydrogen) atoms. The quantitative estimate of drug-likeness (QED) is 0.546. The summed E-state index contributed by atoms with van der Waals surface area (Å²) in [4.78, 5) is 2.31. The molecule has 0 aliphatic rings. The Morgan fingerprint density at radius 1 is 0.900 bits per heavy atom. The minimum Gasteiger partial charge on any atom is -0.300 e. The predicted molar refractivity (Wildman–Crippen MR) is 90.2 cm³/mol.